The second-order valence-corrected chi connectivity index (χ2v) is 6.60. The van der Waals surface area contributed by atoms with Gasteiger partial charge in [0.1, 0.15) is 16.8 Å². The largest absolute Gasteiger partial charge is 0.507 e. The molecular weight excluding hydrogens is 231 g/mol. The molecular formula is C9H9N2O4P. The summed E-state index contributed by atoms with van der Waals surface area (Å²) in [5, 5.41) is 20.1. The number of amides is 1. The molecule has 3 rings (SSSR count). The maximum Gasteiger partial charge on any atom is 0.234 e. The Balaban J connectivity index is 1.97. The Morgan fingerprint density at radius 3 is 2.31 bits per heavy atom. The molecule has 1 unspecified atom stereocenters. The lowest BCUT2D eigenvalue weighted by molar-refractivity contribution is -0.119. The van der Waals surface area contributed by atoms with E-state index < -0.39 is 19.1 Å². The zero-order valence-corrected chi connectivity index (χ0v) is 8.99. The standard InChI is InChI=1S/C9H9N2O4P/c10-3(9(11)14)1-2-4(12)7-5(13)8-6(2)16(7,8)15/h3,12-13H,1,10H2,(H2,11,14)/t3-,16?/m0/s1. The van der Waals surface area contributed by atoms with Crippen molar-refractivity contribution in [3.8, 4) is 0 Å². The molecule has 2 atom stereocenters. The zero-order chi connectivity index (χ0) is 11.8. The second-order valence-electron chi connectivity index (χ2n) is 4.04. The van der Waals surface area contributed by atoms with Crippen LogP contribution in [-0.2, 0) is 9.36 Å². The van der Waals surface area contributed by atoms with E-state index in [1.165, 1.54) is 0 Å². The minimum atomic E-state index is -2.69. The number of carbonyl (C=O) groups excluding carboxylic acids is 1. The predicted octanol–water partition coefficient (Wildman–Crippen LogP) is 0.386. The fourth-order valence-electron chi connectivity index (χ4n) is 2.29. The summed E-state index contributed by atoms with van der Waals surface area (Å²) >= 11 is 0. The van der Waals surface area contributed by atoms with Gasteiger partial charge in [0.05, 0.1) is 11.4 Å². The minimum absolute atomic E-state index is 0.0563. The zero-order valence-electron chi connectivity index (χ0n) is 8.10. The molecule has 0 aromatic carbocycles. The highest BCUT2D eigenvalue weighted by Crippen LogP contribution is 2.96. The molecule has 7 heteroatoms. The molecule has 0 aromatic heterocycles. The number of allylic oxidation sites excluding steroid dienone is 3. The minimum Gasteiger partial charge on any atom is -0.507 e. The Kier molecular flexibility index (Phi) is 1.46. The van der Waals surface area contributed by atoms with E-state index in [-0.39, 0.29) is 23.3 Å². The molecule has 6 N–H and O–H groups in total. The van der Waals surface area contributed by atoms with E-state index >= 15 is 0 Å². The average molecular weight is 240 g/mol. The molecule has 84 valence electrons. The number of rotatable bonds is 3. The molecule has 0 saturated heterocycles. The SMILES string of the molecule is NC(=O)[C@@H](N)CC1=C(O)C2=C(O)C3=C1P23=O. The fraction of sp³-hybridized carbons (Fsp3) is 0.222. The highest BCUT2D eigenvalue weighted by molar-refractivity contribution is 7.86. The van der Waals surface area contributed by atoms with E-state index in [0.29, 0.717) is 16.2 Å². The first kappa shape index (κ1) is 9.69. The van der Waals surface area contributed by atoms with Gasteiger partial charge in [-0.05, 0) is 0 Å². The van der Waals surface area contributed by atoms with Crippen LogP contribution in [0.3, 0.4) is 0 Å². The van der Waals surface area contributed by atoms with Crippen molar-refractivity contribution < 1.29 is 19.6 Å². The van der Waals surface area contributed by atoms with Gasteiger partial charge in [0, 0.05) is 17.3 Å². The van der Waals surface area contributed by atoms with Crippen molar-refractivity contribution in [3.63, 3.8) is 0 Å². The van der Waals surface area contributed by atoms with Crippen molar-refractivity contribution in [1.82, 2.24) is 0 Å². The van der Waals surface area contributed by atoms with E-state index in [1.807, 2.05) is 0 Å². The van der Waals surface area contributed by atoms with Gasteiger partial charge in [0.25, 0.3) is 0 Å². The van der Waals surface area contributed by atoms with Crippen LogP contribution in [0.4, 0.5) is 0 Å². The molecule has 1 amide bonds. The van der Waals surface area contributed by atoms with Gasteiger partial charge in [-0.2, -0.15) is 0 Å². The number of carbonyl (C=O) groups is 1. The van der Waals surface area contributed by atoms with E-state index in [4.69, 9.17) is 11.5 Å². The first-order valence-corrected chi connectivity index (χ1v) is 6.38. The van der Waals surface area contributed by atoms with E-state index in [2.05, 4.69) is 0 Å². The molecule has 0 aromatic rings. The Hall–Kier alpha value is -1.52. The number of primary amides is 1. The third kappa shape index (κ3) is 0.761. The van der Waals surface area contributed by atoms with Gasteiger partial charge in [-0.25, -0.2) is 0 Å². The maximum atomic E-state index is 12.0. The third-order valence-corrected chi connectivity index (χ3v) is 6.17. The van der Waals surface area contributed by atoms with Crippen LogP contribution in [-0.4, -0.2) is 22.2 Å². The molecule has 0 aliphatic carbocycles. The summed E-state index contributed by atoms with van der Waals surface area (Å²) in [6.45, 7) is 0. The summed E-state index contributed by atoms with van der Waals surface area (Å²) < 4.78 is 12.0. The van der Waals surface area contributed by atoms with Crippen LogP contribution in [0.5, 0.6) is 0 Å². The van der Waals surface area contributed by atoms with Gasteiger partial charge in [-0.1, -0.05) is 0 Å². The van der Waals surface area contributed by atoms with E-state index in [9.17, 15) is 19.6 Å². The lowest BCUT2D eigenvalue weighted by Crippen LogP contribution is -2.36. The molecule has 3 heterocycles. The van der Waals surface area contributed by atoms with Crippen molar-refractivity contribution in [2.75, 3.05) is 0 Å². The summed E-state index contributed by atoms with van der Waals surface area (Å²) in [6, 6.07) is -0.917. The predicted molar refractivity (Wildman–Crippen MR) is 55.7 cm³/mol. The summed E-state index contributed by atoms with van der Waals surface area (Å²) in [5.74, 6) is -0.949. The normalized spacial score (nSPS) is 31.6. The first-order chi connectivity index (χ1) is 7.40. The van der Waals surface area contributed by atoms with Crippen molar-refractivity contribution in [2.45, 2.75) is 12.5 Å². The monoisotopic (exact) mass is 240 g/mol. The lowest BCUT2D eigenvalue weighted by Gasteiger charge is -2.15. The Bertz CT molecular complexity index is 599. The van der Waals surface area contributed by atoms with Crippen molar-refractivity contribution in [2.24, 2.45) is 11.5 Å². The van der Waals surface area contributed by atoms with Crippen LogP contribution < -0.4 is 11.5 Å². The van der Waals surface area contributed by atoms with Crippen LogP contribution in [0.25, 0.3) is 0 Å². The molecule has 0 spiro atoms. The highest BCUT2D eigenvalue weighted by Gasteiger charge is 2.70. The van der Waals surface area contributed by atoms with Gasteiger partial charge in [-0.15, -0.1) is 0 Å². The number of hydrogen-bond donors (Lipinski definition) is 4. The molecule has 0 saturated carbocycles. The smallest absolute Gasteiger partial charge is 0.234 e. The number of aliphatic hydroxyl groups is 2. The average Bonchev–Trinajstić information content (AvgIpc) is 2.67. The number of nitrogens with two attached hydrogens (primary N) is 2. The maximum absolute atomic E-state index is 12.0. The Morgan fingerprint density at radius 2 is 1.88 bits per heavy atom. The Labute approximate surface area is 90.3 Å². The molecule has 0 bridgehead atoms. The molecule has 6 nitrogen and oxygen atoms in total. The quantitative estimate of drug-likeness (QED) is 0.530. The van der Waals surface area contributed by atoms with Crippen LogP contribution in [0, 0.1) is 0 Å². The number of aliphatic hydroxyl groups excluding tert-OH is 2. The Morgan fingerprint density at radius 1 is 1.25 bits per heavy atom. The molecule has 0 fully saturated rings. The fourth-order valence-corrected chi connectivity index (χ4v) is 5.37. The van der Waals surface area contributed by atoms with Gasteiger partial charge in [-0.3, -0.25) is 4.79 Å². The van der Waals surface area contributed by atoms with E-state index in [1.54, 1.807) is 0 Å². The summed E-state index contributed by atoms with van der Waals surface area (Å²) in [7, 11) is -2.69. The topological polar surface area (TPSA) is 127 Å². The third-order valence-electron chi connectivity index (χ3n) is 3.15. The van der Waals surface area contributed by atoms with Crippen LogP contribution in [0.15, 0.2) is 33.0 Å². The van der Waals surface area contributed by atoms with Gasteiger partial charge < -0.3 is 26.2 Å². The van der Waals surface area contributed by atoms with E-state index in [0.717, 1.165) is 0 Å². The molecule has 16 heavy (non-hydrogen) atoms. The van der Waals surface area contributed by atoms with Gasteiger partial charge in [0.2, 0.25) is 5.91 Å². The number of hydrogen-bond acceptors (Lipinski definition) is 5. The second kappa shape index (κ2) is 2.42. The molecule has 3 aliphatic rings. The first-order valence-electron chi connectivity index (χ1n) is 4.68. The van der Waals surface area contributed by atoms with Crippen molar-refractivity contribution in [1.29, 1.82) is 0 Å². The van der Waals surface area contributed by atoms with Crippen LogP contribution >= 0.6 is 7.14 Å². The van der Waals surface area contributed by atoms with Crippen molar-refractivity contribution >= 4 is 13.0 Å². The summed E-state index contributed by atoms with van der Waals surface area (Å²) in [4.78, 5) is 10.8. The highest BCUT2D eigenvalue weighted by atomic mass is 31.2. The van der Waals surface area contributed by atoms with Crippen LogP contribution in [0.2, 0.25) is 0 Å². The van der Waals surface area contributed by atoms with Crippen molar-refractivity contribution in [3.05, 3.63) is 33.0 Å². The summed E-state index contributed by atoms with van der Waals surface area (Å²) in [5.41, 5.74) is 10.9. The summed E-state index contributed by atoms with van der Waals surface area (Å²) in [6.07, 6.45) is 0.0563. The van der Waals surface area contributed by atoms with Gasteiger partial charge in [0.15, 0.2) is 7.14 Å². The lowest BCUT2D eigenvalue weighted by atomic mass is 10.0. The van der Waals surface area contributed by atoms with Crippen LogP contribution in [0.1, 0.15) is 6.42 Å². The molecule has 3 aliphatic heterocycles. The van der Waals surface area contributed by atoms with Gasteiger partial charge >= 0.3 is 0 Å². The molecule has 0 radical (unpaired) electrons.